The molecule has 0 saturated heterocycles. The maximum absolute atomic E-state index is 13.6. The molecule has 0 saturated carbocycles. The first-order valence-electron chi connectivity index (χ1n) is 7.22. The average Bonchev–Trinajstić information content (AvgIpc) is 2.46. The SMILES string of the molecule is CCN(CC)c1ccc(C(O)CC(F)(C(F)(F)F)C(F)(F)F)cc1. The number of anilines is 1. The van der Waals surface area contributed by atoms with E-state index in [0.29, 0.717) is 18.8 Å². The minimum atomic E-state index is -6.17. The van der Waals surface area contributed by atoms with Crippen LogP contribution in [0.3, 0.4) is 0 Å². The van der Waals surface area contributed by atoms with Gasteiger partial charge in [0.2, 0.25) is 0 Å². The van der Waals surface area contributed by atoms with E-state index < -0.39 is 30.5 Å². The van der Waals surface area contributed by atoms with Crippen LogP contribution in [0.25, 0.3) is 0 Å². The normalized spacial score (nSPS) is 14.6. The largest absolute Gasteiger partial charge is 0.431 e. The van der Waals surface area contributed by atoms with Crippen molar-refractivity contribution in [2.45, 2.75) is 44.4 Å². The van der Waals surface area contributed by atoms with E-state index >= 15 is 0 Å². The van der Waals surface area contributed by atoms with Gasteiger partial charge in [-0.3, -0.25) is 0 Å². The van der Waals surface area contributed by atoms with E-state index in [1.807, 2.05) is 18.7 Å². The molecule has 2 nitrogen and oxygen atoms in total. The quantitative estimate of drug-likeness (QED) is 0.737. The summed E-state index contributed by atoms with van der Waals surface area (Å²) in [7, 11) is 0. The van der Waals surface area contributed by atoms with E-state index in [0.717, 1.165) is 0 Å². The van der Waals surface area contributed by atoms with Crippen LogP contribution in [0.4, 0.5) is 36.4 Å². The van der Waals surface area contributed by atoms with Crippen LogP contribution in [0.2, 0.25) is 0 Å². The second-order valence-corrected chi connectivity index (χ2v) is 5.28. The predicted octanol–water partition coefficient (Wildman–Crippen LogP) is 4.79. The Morgan fingerprint density at radius 3 is 1.62 bits per heavy atom. The molecular formula is C15H18F7NO. The van der Waals surface area contributed by atoms with E-state index in [-0.39, 0.29) is 5.56 Å². The van der Waals surface area contributed by atoms with Crippen LogP contribution in [0, 0.1) is 0 Å². The highest BCUT2D eigenvalue weighted by Gasteiger charge is 2.72. The molecule has 0 aromatic heterocycles. The summed E-state index contributed by atoms with van der Waals surface area (Å²) in [5.74, 6) is 0. The van der Waals surface area contributed by atoms with Crippen molar-refractivity contribution in [3.05, 3.63) is 29.8 Å². The zero-order valence-electron chi connectivity index (χ0n) is 13.0. The molecule has 0 fully saturated rings. The molecule has 1 N–H and O–H groups in total. The molecule has 9 heteroatoms. The maximum Gasteiger partial charge on any atom is 0.431 e. The van der Waals surface area contributed by atoms with Crippen LogP contribution in [0.15, 0.2) is 24.3 Å². The first-order valence-corrected chi connectivity index (χ1v) is 7.22. The highest BCUT2D eigenvalue weighted by molar-refractivity contribution is 5.47. The van der Waals surface area contributed by atoms with Crippen LogP contribution in [0.1, 0.15) is 31.9 Å². The standard InChI is InChI=1S/C15H18F7NO/c1-3-23(4-2)11-7-5-10(6-8-11)12(24)9-13(16,14(17,18)19)15(20,21)22/h5-8,12,24H,3-4,9H2,1-2H3. The summed E-state index contributed by atoms with van der Waals surface area (Å²) in [6.07, 6.45) is -16.7. The molecule has 1 aromatic rings. The summed E-state index contributed by atoms with van der Waals surface area (Å²) in [5.41, 5.74) is -5.01. The molecule has 0 aliphatic carbocycles. The molecule has 0 spiro atoms. The zero-order valence-corrected chi connectivity index (χ0v) is 13.0. The lowest BCUT2D eigenvalue weighted by atomic mass is 9.93. The van der Waals surface area contributed by atoms with Crippen molar-refractivity contribution >= 4 is 5.69 Å². The highest BCUT2D eigenvalue weighted by Crippen LogP contribution is 2.50. The number of aliphatic hydroxyl groups is 1. The van der Waals surface area contributed by atoms with Gasteiger partial charge in [0.05, 0.1) is 6.10 Å². The summed E-state index contributed by atoms with van der Waals surface area (Å²) < 4.78 is 88.8. The van der Waals surface area contributed by atoms with Gasteiger partial charge in [-0.25, -0.2) is 4.39 Å². The summed E-state index contributed by atoms with van der Waals surface area (Å²) >= 11 is 0. The van der Waals surface area contributed by atoms with Crippen molar-refractivity contribution in [3.8, 4) is 0 Å². The number of halogens is 7. The Balaban J connectivity index is 3.03. The van der Waals surface area contributed by atoms with E-state index in [4.69, 9.17) is 0 Å². The molecule has 24 heavy (non-hydrogen) atoms. The molecule has 0 amide bonds. The fourth-order valence-corrected chi connectivity index (χ4v) is 2.27. The molecule has 138 valence electrons. The summed E-state index contributed by atoms with van der Waals surface area (Å²) in [6.45, 7) is 5.04. The van der Waals surface area contributed by atoms with E-state index in [9.17, 15) is 35.8 Å². The fraction of sp³-hybridized carbons (Fsp3) is 0.600. The average molecular weight is 361 g/mol. The molecule has 1 rings (SSSR count). The summed E-state index contributed by atoms with van der Waals surface area (Å²) in [4.78, 5) is 1.89. The Hall–Kier alpha value is -1.51. The smallest absolute Gasteiger partial charge is 0.388 e. The molecule has 1 unspecified atom stereocenters. The van der Waals surface area contributed by atoms with Gasteiger partial charge in [-0.05, 0) is 31.5 Å². The minimum Gasteiger partial charge on any atom is -0.388 e. The highest BCUT2D eigenvalue weighted by atomic mass is 19.4. The van der Waals surface area contributed by atoms with Crippen LogP contribution in [-0.2, 0) is 0 Å². The monoisotopic (exact) mass is 361 g/mol. The first kappa shape index (κ1) is 20.5. The Morgan fingerprint density at radius 1 is 0.875 bits per heavy atom. The Kier molecular flexibility index (Phi) is 6.13. The minimum absolute atomic E-state index is 0.221. The van der Waals surface area contributed by atoms with Gasteiger partial charge in [-0.15, -0.1) is 0 Å². The van der Waals surface area contributed by atoms with Gasteiger partial charge in [0.15, 0.2) is 0 Å². The predicted molar refractivity (Wildman–Crippen MR) is 75.5 cm³/mol. The van der Waals surface area contributed by atoms with E-state index in [1.165, 1.54) is 24.3 Å². The zero-order chi connectivity index (χ0) is 18.8. The molecule has 0 heterocycles. The lowest BCUT2D eigenvalue weighted by molar-refractivity contribution is -0.347. The Bertz CT molecular complexity index is 506. The molecule has 0 aliphatic heterocycles. The van der Waals surface area contributed by atoms with Gasteiger partial charge in [-0.1, -0.05) is 12.1 Å². The van der Waals surface area contributed by atoms with E-state index in [2.05, 4.69) is 0 Å². The third-order valence-electron chi connectivity index (χ3n) is 3.78. The lowest BCUT2D eigenvalue weighted by Crippen LogP contribution is -2.54. The summed E-state index contributed by atoms with van der Waals surface area (Å²) in [5, 5.41) is 9.67. The number of rotatable bonds is 6. The van der Waals surface area contributed by atoms with Gasteiger partial charge in [-0.2, -0.15) is 26.3 Å². The topological polar surface area (TPSA) is 23.5 Å². The molecule has 0 bridgehead atoms. The lowest BCUT2D eigenvalue weighted by Gasteiger charge is -2.31. The maximum atomic E-state index is 13.6. The first-order chi connectivity index (χ1) is 10.9. The van der Waals surface area contributed by atoms with Crippen molar-refractivity contribution in [2.75, 3.05) is 18.0 Å². The van der Waals surface area contributed by atoms with Crippen molar-refractivity contribution in [1.29, 1.82) is 0 Å². The number of hydrogen-bond donors (Lipinski definition) is 1. The van der Waals surface area contributed by atoms with Crippen molar-refractivity contribution in [2.24, 2.45) is 0 Å². The molecule has 0 radical (unpaired) electrons. The van der Waals surface area contributed by atoms with Gasteiger partial charge in [0.25, 0.3) is 0 Å². The van der Waals surface area contributed by atoms with Gasteiger partial charge < -0.3 is 10.0 Å². The molecule has 1 atom stereocenters. The van der Waals surface area contributed by atoms with Crippen molar-refractivity contribution in [3.63, 3.8) is 0 Å². The number of hydrogen-bond acceptors (Lipinski definition) is 2. The van der Waals surface area contributed by atoms with Crippen LogP contribution in [0.5, 0.6) is 0 Å². The van der Waals surface area contributed by atoms with Crippen LogP contribution >= 0.6 is 0 Å². The van der Waals surface area contributed by atoms with Gasteiger partial charge in [0, 0.05) is 25.2 Å². The number of benzene rings is 1. The Morgan fingerprint density at radius 2 is 1.29 bits per heavy atom. The van der Waals surface area contributed by atoms with Crippen LogP contribution < -0.4 is 4.90 Å². The molecule has 0 aliphatic rings. The summed E-state index contributed by atoms with van der Waals surface area (Å²) in [6, 6.07) is 5.27. The second kappa shape index (κ2) is 7.16. The number of nitrogens with zero attached hydrogens (tertiary/aromatic N) is 1. The van der Waals surface area contributed by atoms with Gasteiger partial charge in [0.1, 0.15) is 0 Å². The van der Waals surface area contributed by atoms with Crippen molar-refractivity contribution < 1.29 is 35.8 Å². The second-order valence-electron chi connectivity index (χ2n) is 5.28. The van der Waals surface area contributed by atoms with E-state index in [1.54, 1.807) is 0 Å². The molecular weight excluding hydrogens is 343 g/mol. The third-order valence-corrected chi connectivity index (χ3v) is 3.78. The third kappa shape index (κ3) is 4.12. The number of alkyl halides is 7. The van der Waals surface area contributed by atoms with Crippen LogP contribution in [-0.4, -0.2) is 36.2 Å². The fourth-order valence-electron chi connectivity index (χ4n) is 2.27. The van der Waals surface area contributed by atoms with Crippen molar-refractivity contribution in [1.82, 2.24) is 0 Å². The molecule has 1 aromatic carbocycles. The van der Waals surface area contributed by atoms with Gasteiger partial charge >= 0.3 is 18.0 Å². The Labute approximate surface area is 134 Å². The number of aliphatic hydroxyl groups excluding tert-OH is 1.